The molecule has 0 saturated carbocycles. The Morgan fingerprint density at radius 3 is 1.90 bits per heavy atom. The number of fused-ring (bicyclic) bond motifs is 1. The van der Waals surface area contributed by atoms with Crippen molar-refractivity contribution in [2.24, 2.45) is 0 Å². The first-order chi connectivity index (χ1) is 10.4. The summed E-state index contributed by atoms with van der Waals surface area (Å²) in [6.07, 6.45) is 0. The SMILES string of the molecule is c1ccc(-c2cccc(-n3nc4ccccc4n3)c2)cc1. The minimum absolute atomic E-state index is 0.905. The van der Waals surface area contributed by atoms with Gasteiger partial charge in [0.05, 0.1) is 5.69 Å². The highest BCUT2D eigenvalue weighted by molar-refractivity contribution is 5.73. The summed E-state index contributed by atoms with van der Waals surface area (Å²) in [6, 6.07) is 26.5. The van der Waals surface area contributed by atoms with Crippen molar-refractivity contribution in [1.29, 1.82) is 0 Å². The van der Waals surface area contributed by atoms with Gasteiger partial charge in [0.2, 0.25) is 0 Å². The third kappa shape index (κ3) is 2.19. The van der Waals surface area contributed by atoms with Crippen LogP contribution in [0.25, 0.3) is 27.8 Å². The van der Waals surface area contributed by atoms with Gasteiger partial charge in [0, 0.05) is 0 Å². The van der Waals surface area contributed by atoms with Crippen molar-refractivity contribution in [1.82, 2.24) is 15.0 Å². The molecule has 0 unspecified atom stereocenters. The van der Waals surface area contributed by atoms with Gasteiger partial charge < -0.3 is 0 Å². The molecular weight excluding hydrogens is 258 g/mol. The van der Waals surface area contributed by atoms with Gasteiger partial charge in [-0.25, -0.2) is 0 Å². The van der Waals surface area contributed by atoms with Crippen LogP contribution in [0.2, 0.25) is 0 Å². The molecular formula is C18H13N3. The van der Waals surface area contributed by atoms with Crippen LogP contribution in [0.1, 0.15) is 0 Å². The summed E-state index contributed by atoms with van der Waals surface area (Å²) < 4.78 is 0. The summed E-state index contributed by atoms with van der Waals surface area (Å²) in [5.41, 5.74) is 5.13. The summed E-state index contributed by atoms with van der Waals surface area (Å²) >= 11 is 0. The van der Waals surface area contributed by atoms with Gasteiger partial charge in [0.1, 0.15) is 11.0 Å². The zero-order valence-electron chi connectivity index (χ0n) is 11.3. The van der Waals surface area contributed by atoms with Gasteiger partial charge in [-0.3, -0.25) is 0 Å². The van der Waals surface area contributed by atoms with E-state index in [1.165, 1.54) is 5.56 Å². The molecule has 4 rings (SSSR count). The Labute approximate surface area is 122 Å². The summed E-state index contributed by atoms with van der Waals surface area (Å²) in [7, 11) is 0. The van der Waals surface area contributed by atoms with Gasteiger partial charge in [0.25, 0.3) is 0 Å². The van der Waals surface area contributed by atoms with Crippen LogP contribution in [0.15, 0.2) is 78.9 Å². The normalized spacial score (nSPS) is 10.9. The smallest absolute Gasteiger partial charge is 0.113 e. The molecule has 0 amide bonds. The molecule has 100 valence electrons. The average molecular weight is 271 g/mol. The van der Waals surface area contributed by atoms with E-state index < -0.39 is 0 Å². The van der Waals surface area contributed by atoms with Crippen molar-refractivity contribution in [2.45, 2.75) is 0 Å². The lowest BCUT2D eigenvalue weighted by atomic mass is 10.1. The Hall–Kier alpha value is -2.94. The highest BCUT2D eigenvalue weighted by atomic mass is 15.5. The molecule has 3 aromatic carbocycles. The van der Waals surface area contributed by atoms with Gasteiger partial charge in [-0.1, -0.05) is 54.6 Å². The number of aromatic nitrogens is 3. The molecule has 0 spiro atoms. The maximum atomic E-state index is 4.52. The lowest BCUT2D eigenvalue weighted by Crippen LogP contribution is -1.98. The molecule has 0 aliphatic heterocycles. The Kier molecular flexibility index (Phi) is 2.75. The molecule has 1 aromatic heterocycles. The highest BCUT2D eigenvalue weighted by Crippen LogP contribution is 2.21. The molecule has 0 fully saturated rings. The van der Waals surface area contributed by atoms with Crippen molar-refractivity contribution >= 4 is 11.0 Å². The van der Waals surface area contributed by atoms with E-state index in [2.05, 4.69) is 34.5 Å². The van der Waals surface area contributed by atoms with Crippen molar-refractivity contribution < 1.29 is 0 Å². The van der Waals surface area contributed by atoms with Gasteiger partial charge in [0.15, 0.2) is 0 Å². The van der Waals surface area contributed by atoms with Crippen LogP contribution in [0.5, 0.6) is 0 Å². The first kappa shape index (κ1) is 11.9. The predicted molar refractivity (Wildman–Crippen MR) is 84.3 cm³/mol. The zero-order valence-corrected chi connectivity index (χ0v) is 11.3. The van der Waals surface area contributed by atoms with Crippen LogP contribution in [0.4, 0.5) is 0 Å². The molecule has 0 aliphatic rings. The number of hydrogen-bond acceptors (Lipinski definition) is 2. The van der Waals surface area contributed by atoms with Crippen LogP contribution in [0, 0.1) is 0 Å². The maximum Gasteiger partial charge on any atom is 0.113 e. The third-order valence-corrected chi connectivity index (χ3v) is 3.47. The monoisotopic (exact) mass is 271 g/mol. The molecule has 3 nitrogen and oxygen atoms in total. The van der Waals surface area contributed by atoms with Gasteiger partial charge >= 0.3 is 0 Å². The highest BCUT2D eigenvalue weighted by Gasteiger charge is 2.05. The molecule has 4 aromatic rings. The summed E-state index contributed by atoms with van der Waals surface area (Å²) in [6.45, 7) is 0. The Morgan fingerprint density at radius 1 is 0.571 bits per heavy atom. The molecule has 1 heterocycles. The Morgan fingerprint density at radius 2 is 1.19 bits per heavy atom. The second-order valence-corrected chi connectivity index (χ2v) is 4.89. The summed E-state index contributed by atoms with van der Waals surface area (Å²) in [4.78, 5) is 1.69. The fraction of sp³-hybridized carbons (Fsp3) is 0. The second kappa shape index (κ2) is 4.87. The van der Waals surface area contributed by atoms with Gasteiger partial charge in [-0.2, -0.15) is 4.80 Å². The Bertz CT molecular complexity index is 861. The van der Waals surface area contributed by atoms with E-state index in [4.69, 9.17) is 0 Å². The third-order valence-electron chi connectivity index (χ3n) is 3.47. The molecule has 0 radical (unpaired) electrons. The van der Waals surface area contributed by atoms with Crippen molar-refractivity contribution in [3.63, 3.8) is 0 Å². The van der Waals surface area contributed by atoms with Crippen molar-refractivity contribution in [3.8, 4) is 16.8 Å². The first-order valence-corrected chi connectivity index (χ1v) is 6.88. The number of benzene rings is 3. The van der Waals surface area contributed by atoms with E-state index in [0.29, 0.717) is 0 Å². The van der Waals surface area contributed by atoms with E-state index in [-0.39, 0.29) is 0 Å². The van der Waals surface area contributed by atoms with Crippen LogP contribution in [0.3, 0.4) is 0 Å². The fourth-order valence-electron chi connectivity index (χ4n) is 2.42. The van der Waals surface area contributed by atoms with Crippen LogP contribution in [-0.4, -0.2) is 15.0 Å². The quantitative estimate of drug-likeness (QED) is 0.550. The van der Waals surface area contributed by atoms with Crippen molar-refractivity contribution in [2.75, 3.05) is 0 Å². The van der Waals surface area contributed by atoms with Gasteiger partial charge in [-0.15, -0.1) is 10.2 Å². The van der Waals surface area contributed by atoms with Crippen molar-refractivity contribution in [3.05, 3.63) is 78.9 Å². The summed E-state index contributed by atoms with van der Waals surface area (Å²) in [5.74, 6) is 0. The minimum atomic E-state index is 0.905. The molecule has 0 N–H and O–H groups in total. The van der Waals surface area contributed by atoms with Crippen LogP contribution in [-0.2, 0) is 0 Å². The number of nitrogens with zero attached hydrogens (tertiary/aromatic N) is 3. The predicted octanol–water partition coefficient (Wildman–Crippen LogP) is 4.09. The van der Waals surface area contributed by atoms with E-state index in [1.54, 1.807) is 4.80 Å². The topological polar surface area (TPSA) is 30.7 Å². The van der Waals surface area contributed by atoms with Crippen LogP contribution < -0.4 is 0 Å². The lowest BCUT2D eigenvalue weighted by molar-refractivity contribution is 0.766. The summed E-state index contributed by atoms with van der Waals surface area (Å²) in [5, 5.41) is 9.05. The molecule has 0 aliphatic carbocycles. The van der Waals surface area contributed by atoms with E-state index >= 15 is 0 Å². The first-order valence-electron chi connectivity index (χ1n) is 6.88. The standard InChI is InChI=1S/C18H13N3/c1-2-7-14(8-3-1)15-9-6-10-16(13-15)21-19-17-11-4-5-12-18(17)20-21/h1-13H. The van der Waals surface area contributed by atoms with E-state index in [1.807, 2.05) is 54.6 Å². The Balaban J connectivity index is 1.82. The number of rotatable bonds is 2. The van der Waals surface area contributed by atoms with Crippen LogP contribution >= 0.6 is 0 Å². The molecule has 0 atom stereocenters. The molecule has 0 bridgehead atoms. The molecule has 21 heavy (non-hydrogen) atoms. The fourth-order valence-corrected chi connectivity index (χ4v) is 2.42. The minimum Gasteiger partial charge on any atom is -0.150 e. The largest absolute Gasteiger partial charge is 0.150 e. The average Bonchev–Trinajstić information content (AvgIpc) is 3.00. The molecule has 0 saturated heterocycles. The second-order valence-electron chi connectivity index (χ2n) is 4.89. The molecule has 3 heteroatoms. The zero-order chi connectivity index (χ0) is 14.1. The van der Waals surface area contributed by atoms with Gasteiger partial charge in [-0.05, 0) is 35.4 Å². The maximum absolute atomic E-state index is 4.52. The lowest BCUT2D eigenvalue weighted by Gasteiger charge is -2.04. The number of hydrogen-bond donors (Lipinski definition) is 0. The van der Waals surface area contributed by atoms with E-state index in [0.717, 1.165) is 22.3 Å². The van der Waals surface area contributed by atoms with E-state index in [9.17, 15) is 0 Å².